The Labute approximate surface area is 172 Å². The largest absolute Gasteiger partial charge is 0.384 e. The molecule has 5 nitrogen and oxygen atoms in total. The van der Waals surface area contributed by atoms with Crippen LogP contribution in [0.1, 0.15) is 46.0 Å². The average molecular weight is 466 g/mol. The minimum Gasteiger partial charge on any atom is -0.384 e. The van der Waals surface area contributed by atoms with E-state index in [0.29, 0.717) is 5.92 Å². The van der Waals surface area contributed by atoms with Gasteiger partial charge in [-0.1, -0.05) is 19.8 Å². The molecule has 3 unspecified atom stereocenters. The van der Waals surface area contributed by atoms with Gasteiger partial charge in [0.15, 0.2) is 5.96 Å². The zero-order valence-electron chi connectivity index (χ0n) is 16.9. The number of ether oxygens (including phenoxy) is 1. The number of likely N-dealkylation sites (tertiary alicyclic amines) is 1. The quantitative estimate of drug-likeness (QED) is 0.371. The van der Waals surface area contributed by atoms with Crippen LogP contribution in [0.2, 0.25) is 0 Å². The molecule has 0 aromatic carbocycles. The third kappa shape index (κ3) is 6.24. The lowest BCUT2D eigenvalue weighted by Gasteiger charge is -2.44. The maximum absolute atomic E-state index is 5.33. The first kappa shape index (κ1) is 23.0. The summed E-state index contributed by atoms with van der Waals surface area (Å²) >= 11 is 0. The topological polar surface area (TPSA) is 40.1 Å². The lowest BCUT2D eigenvalue weighted by molar-refractivity contribution is 0.0842. The molecular weight excluding hydrogens is 427 g/mol. The monoisotopic (exact) mass is 466 g/mol. The van der Waals surface area contributed by atoms with E-state index in [1.807, 2.05) is 0 Å². The molecule has 0 aromatic heterocycles. The van der Waals surface area contributed by atoms with Crippen molar-refractivity contribution in [3.05, 3.63) is 0 Å². The Morgan fingerprint density at radius 3 is 2.72 bits per heavy atom. The molecule has 0 aromatic rings. The minimum absolute atomic E-state index is 0. The smallest absolute Gasteiger partial charge is 0.193 e. The lowest BCUT2D eigenvalue weighted by atomic mass is 9.75. The normalized spacial score (nSPS) is 30.5. The molecule has 1 saturated heterocycles. The van der Waals surface area contributed by atoms with Gasteiger partial charge in [-0.05, 0) is 46.2 Å². The van der Waals surface area contributed by atoms with Crippen molar-refractivity contribution in [2.24, 2.45) is 16.8 Å². The molecule has 6 heteroatoms. The SMILES string of the molecule is CCNC(=NCC1(N(C)C)CCCC(C)C1)N1CCC(COC)C1.I. The fourth-order valence-corrected chi connectivity index (χ4v) is 4.37. The van der Waals surface area contributed by atoms with E-state index in [0.717, 1.165) is 44.7 Å². The highest BCUT2D eigenvalue weighted by Gasteiger charge is 2.37. The van der Waals surface area contributed by atoms with E-state index in [2.05, 4.69) is 43.1 Å². The second-order valence-electron chi connectivity index (χ2n) is 8.05. The fraction of sp³-hybridized carbons (Fsp3) is 0.947. The minimum atomic E-state index is 0. The van der Waals surface area contributed by atoms with E-state index in [-0.39, 0.29) is 29.5 Å². The first-order chi connectivity index (χ1) is 11.5. The summed E-state index contributed by atoms with van der Waals surface area (Å²) in [6.07, 6.45) is 6.41. The zero-order valence-corrected chi connectivity index (χ0v) is 19.2. The average Bonchev–Trinajstić information content (AvgIpc) is 3.00. The summed E-state index contributed by atoms with van der Waals surface area (Å²) < 4.78 is 5.33. The number of nitrogens with zero attached hydrogens (tertiary/aromatic N) is 3. The maximum atomic E-state index is 5.33. The van der Waals surface area contributed by atoms with Gasteiger partial charge in [-0.3, -0.25) is 4.99 Å². The zero-order chi connectivity index (χ0) is 17.6. The molecule has 1 N–H and O–H groups in total. The number of methoxy groups -OCH3 is 1. The van der Waals surface area contributed by atoms with Gasteiger partial charge in [0.25, 0.3) is 0 Å². The van der Waals surface area contributed by atoms with Crippen LogP contribution in [0, 0.1) is 11.8 Å². The van der Waals surface area contributed by atoms with Crippen molar-refractivity contribution < 1.29 is 4.74 Å². The molecule has 148 valence electrons. The number of hydrogen-bond acceptors (Lipinski definition) is 3. The standard InChI is InChI=1S/C19H38N4O.HI/c1-6-20-18(23-11-9-17(13-23)14-24-5)21-15-19(22(3)4)10-7-8-16(2)12-19;/h16-17H,6-15H2,1-5H3,(H,20,21);1H. The number of halogens is 1. The highest BCUT2D eigenvalue weighted by molar-refractivity contribution is 14.0. The van der Waals surface area contributed by atoms with Gasteiger partial charge in [0.2, 0.25) is 0 Å². The number of aliphatic imine (C=N–C) groups is 1. The Bertz CT molecular complexity index is 418. The van der Waals surface area contributed by atoms with Crippen LogP contribution in [0.5, 0.6) is 0 Å². The van der Waals surface area contributed by atoms with Crippen molar-refractivity contribution in [3.63, 3.8) is 0 Å². The van der Waals surface area contributed by atoms with Gasteiger partial charge < -0.3 is 19.9 Å². The molecule has 0 amide bonds. The van der Waals surface area contributed by atoms with Crippen molar-refractivity contribution in [2.75, 3.05) is 54.0 Å². The summed E-state index contributed by atoms with van der Waals surface area (Å²) in [5.74, 6) is 2.53. The van der Waals surface area contributed by atoms with Crippen molar-refractivity contribution in [1.29, 1.82) is 0 Å². The molecule has 0 bridgehead atoms. The van der Waals surface area contributed by atoms with Crippen molar-refractivity contribution in [3.8, 4) is 0 Å². The maximum Gasteiger partial charge on any atom is 0.193 e. The lowest BCUT2D eigenvalue weighted by Crippen LogP contribution is -2.51. The summed E-state index contributed by atoms with van der Waals surface area (Å²) in [7, 11) is 6.25. The van der Waals surface area contributed by atoms with Crippen LogP contribution in [-0.2, 0) is 4.74 Å². The van der Waals surface area contributed by atoms with Crippen LogP contribution >= 0.6 is 24.0 Å². The predicted molar refractivity (Wildman–Crippen MR) is 117 cm³/mol. The molecule has 25 heavy (non-hydrogen) atoms. The Hall–Kier alpha value is -0.0800. The van der Waals surface area contributed by atoms with Crippen LogP contribution in [0.15, 0.2) is 4.99 Å². The third-order valence-corrected chi connectivity index (χ3v) is 5.86. The summed E-state index contributed by atoms with van der Waals surface area (Å²) in [5.41, 5.74) is 0.226. The van der Waals surface area contributed by atoms with Gasteiger partial charge in [-0.25, -0.2) is 0 Å². The number of nitrogens with one attached hydrogen (secondary N) is 1. The second kappa shape index (κ2) is 10.9. The first-order valence-corrected chi connectivity index (χ1v) is 9.70. The van der Waals surface area contributed by atoms with Crippen molar-refractivity contribution >= 4 is 29.9 Å². The van der Waals surface area contributed by atoms with Gasteiger partial charge in [0.05, 0.1) is 13.2 Å². The molecule has 3 atom stereocenters. The third-order valence-electron chi connectivity index (χ3n) is 5.86. The summed E-state index contributed by atoms with van der Waals surface area (Å²) in [5, 5.41) is 3.51. The molecule has 1 aliphatic carbocycles. The van der Waals surface area contributed by atoms with E-state index in [1.54, 1.807) is 7.11 Å². The van der Waals surface area contributed by atoms with E-state index in [1.165, 1.54) is 32.1 Å². The van der Waals surface area contributed by atoms with Gasteiger partial charge >= 0.3 is 0 Å². The van der Waals surface area contributed by atoms with Gasteiger partial charge in [-0.15, -0.1) is 24.0 Å². The molecule has 1 saturated carbocycles. The highest BCUT2D eigenvalue weighted by atomic mass is 127. The predicted octanol–water partition coefficient (Wildman–Crippen LogP) is 3.05. The highest BCUT2D eigenvalue weighted by Crippen LogP contribution is 2.36. The molecule has 0 spiro atoms. The molecule has 1 heterocycles. The fourth-order valence-electron chi connectivity index (χ4n) is 4.37. The molecular formula is C19H39IN4O. The van der Waals surface area contributed by atoms with Crippen LogP contribution in [0.3, 0.4) is 0 Å². The van der Waals surface area contributed by atoms with Crippen LogP contribution in [0.4, 0.5) is 0 Å². The number of rotatable bonds is 6. The number of hydrogen-bond donors (Lipinski definition) is 1. The summed E-state index contributed by atoms with van der Waals surface area (Å²) in [6, 6.07) is 0. The first-order valence-electron chi connectivity index (χ1n) is 9.70. The van der Waals surface area contributed by atoms with Gasteiger partial charge in [0, 0.05) is 38.2 Å². The van der Waals surface area contributed by atoms with E-state index in [9.17, 15) is 0 Å². The van der Waals surface area contributed by atoms with Gasteiger partial charge in [-0.2, -0.15) is 0 Å². The molecule has 1 aliphatic heterocycles. The Morgan fingerprint density at radius 1 is 1.36 bits per heavy atom. The van der Waals surface area contributed by atoms with E-state index in [4.69, 9.17) is 9.73 Å². The van der Waals surface area contributed by atoms with Crippen molar-refractivity contribution in [1.82, 2.24) is 15.1 Å². The summed E-state index contributed by atoms with van der Waals surface area (Å²) in [4.78, 5) is 9.93. The van der Waals surface area contributed by atoms with Gasteiger partial charge in [0.1, 0.15) is 0 Å². The van der Waals surface area contributed by atoms with Crippen molar-refractivity contribution in [2.45, 2.75) is 51.5 Å². The molecule has 0 radical (unpaired) electrons. The Balaban J connectivity index is 0.00000312. The molecule has 2 rings (SSSR count). The molecule has 2 aliphatic rings. The van der Waals surface area contributed by atoms with E-state index >= 15 is 0 Å². The Kier molecular flexibility index (Phi) is 10.0. The Morgan fingerprint density at radius 2 is 2.12 bits per heavy atom. The van der Waals surface area contributed by atoms with Crippen LogP contribution < -0.4 is 5.32 Å². The van der Waals surface area contributed by atoms with Crippen LogP contribution in [-0.4, -0.2) is 75.3 Å². The van der Waals surface area contributed by atoms with Crippen LogP contribution in [0.25, 0.3) is 0 Å². The molecule has 2 fully saturated rings. The summed E-state index contributed by atoms with van der Waals surface area (Å²) in [6.45, 7) is 9.38. The van der Waals surface area contributed by atoms with E-state index < -0.39 is 0 Å². The number of likely N-dealkylation sites (N-methyl/N-ethyl adjacent to an activating group) is 1. The number of guanidine groups is 1. The second-order valence-corrected chi connectivity index (χ2v) is 8.05.